The van der Waals surface area contributed by atoms with E-state index in [1.54, 1.807) is 12.1 Å². The Morgan fingerprint density at radius 2 is 1.82 bits per heavy atom. The Bertz CT molecular complexity index is 1490. The van der Waals surface area contributed by atoms with Crippen molar-refractivity contribution >= 4 is 43.3 Å². The first-order chi connectivity index (χ1) is 17.9. The zero-order valence-electron chi connectivity index (χ0n) is 20.9. The van der Waals surface area contributed by atoms with Crippen LogP contribution in [0.5, 0.6) is 0 Å². The molecule has 38 heavy (non-hydrogen) atoms. The maximum atomic E-state index is 13.6. The van der Waals surface area contributed by atoms with Crippen LogP contribution in [-0.2, 0) is 46.5 Å². The van der Waals surface area contributed by atoms with Crippen LogP contribution < -0.4 is 5.32 Å². The van der Waals surface area contributed by atoms with Gasteiger partial charge in [0.25, 0.3) is 10.0 Å². The zero-order valence-corrected chi connectivity index (χ0v) is 22.5. The fraction of sp³-hybridized carbons (Fsp3) is 0.400. The van der Waals surface area contributed by atoms with E-state index in [4.69, 9.17) is 4.74 Å². The number of anilines is 1. The van der Waals surface area contributed by atoms with E-state index in [-0.39, 0.29) is 28.7 Å². The molecule has 2 aromatic rings. The highest BCUT2D eigenvalue weighted by Gasteiger charge is 2.40. The van der Waals surface area contributed by atoms with Gasteiger partial charge < -0.3 is 15.0 Å². The molecule has 1 fully saturated rings. The van der Waals surface area contributed by atoms with Gasteiger partial charge in [0.1, 0.15) is 16.5 Å². The quantitative estimate of drug-likeness (QED) is 0.482. The van der Waals surface area contributed by atoms with Crippen LogP contribution in [0.25, 0.3) is 0 Å². The molecule has 204 valence electrons. The number of benzene rings is 2. The molecule has 0 unspecified atom stereocenters. The van der Waals surface area contributed by atoms with E-state index in [0.29, 0.717) is 30.4 Å². The lowest BCUT2D eigenvalue weighted by Gasteiger charge is -2.33. The van der Waals surface area contributed by atoms with Crippen molar-refractivity contribution in [3.8, 4) is 0 Å². The fourth-order valence-electron chi connectivity index (χ4n) is 4.89. The van der Waals surface area contributed by atoms with Crippen molar-refractivity contribution in [1.29, 1.82) is 0 Å². The van der Waals surface area contributed by atoms with Crippen molar-refractivity contribution in [1.82, 2.24) is 4.90 Å². The molecule has 0 spiro atoms. The van der Waals surface area contributed by atoms with Crippen LogP contribution in [0, 0.1) is 11.7 Å². The molecule has 4 rings (SSSR count). The minimum atomic E-state index is -4.21. The number of halogens is 1. The minimum absolute atomic E-state index is 0.0861. The molecule has 1 aliphatic heterocycles. The molecule has 1 N–H and O–H groups in total. The predicted octanol–water partition coefficient (Wildman–Crippen LogP) is 2.64. The average molecular weight is 566 g/mol. The molecule has 1 heterocycles. The molecule has 0 radical (unpaired) electrons. The molecule has 1 aliphatic carbocycles. The summed E-state index contributed by atoms with van der Waals surface area (Å²) in [6.45, 7) is 0.0861. The highest BCUT2D eigenvalue weighted by Crippen LogP contribution is 2.34. The molecule has 0 aromatic heterocycles. The van der Waals surface area contributed by atoms with E-state index >= 15 is 0 Å². The van der Waals surface area contributed by atoms with Gasteiger partial charge in [-0.3, -0.25) is 9.59 Å². The molecule has 13 heteroatoms. The number of hydrogen-bond donors (Lipinski definition) is 1. The van der Waals surface area contributed by atoms with Gasteiger partial charge >= 0.3 is 5.97 Å². The number of fused-ring (bicyclic) bond motifs is 1. The van der Waals surface area contributed by atoms with Crippen molar-refractivity contribution in [3.05, 3.63) is 59.4 Å². The Hall–Kier alpha value is -3.32. The van der Waals surface area contributed by atoms with Gasteiger partial charge in [-0.25, -0.2) is 12.8 Å². The number of hydrogen-bond acceptors (Lipinski definition) is 8. The average Bonchev–Trinajstić information content (AvgIpc) is 3.32. The van der Waals surface area contributed by atoms with Crippen LogP contribution in [0.1, 0.15) is 36.8 Å². The number of carbonyl (C=O) groups is 2. The number of nitrogens with zero attached hydrogens (tertiary/aromatic N) is 2. The van der Waals surface area contributed by atoms with E-state index in [0.717, 1.165) is 6.26 Å². The van der Waals surface area contributed by atoms with Crippen molar-refractivity contribution in [3.63, 3.8) is 0 Å². The van der Waals surface area contributed by atoms with Crippen LogP contribution in [0.2, 0.25) is 0 Å². The standard InChI is InChI=1S/C25H28FN3O7S2/c1-36-25(31)19-4-3-5-21(19)29(14-16-6-9-18(26)10-7-16)24(30)13-23-27-20-11-8-17(15-37(2,32)33)12-22(20)38(34,35)28-23/h6-12,19,21H,3-5,13-15H2,1-2H3,(H,27,28)/t19-,21+/m1/s1. The molecule has 2 atom stereocenters. The zero-order chi connectivity index (χ0) is 27.7. The summed E-state index contributed by atoms with van der Waals surface area (Å²) in [6, 6.07) is 9.34. The molecular formula is C25H28FN3O7S2. The molecule has 0 bridgehead atoms. The summed E-state index contributed by atoms with van der Waals surface area (Å²) in [5.74, 6) is -2.29. The largest absolute Gasteiger partial charge is 0.469 e. The van der Waals surface area contributed by atoms with Gasteiger partial charge in [0.2, 0.25) is 5.91 Å². The number of rotatable bonds is 8. The smallest absolute Gasteiger partial charge is 0.310 e. The highest BCUT2D eigenvalue weighted by atomic mass is 32.2. The number of sulfonamides is 1. The van der Waals surface area contributed by atoms with Crippen LogP contribution in [0.3, 0.4) is 0 Å². The number of methoxy groups -OCH3 is 1. The summed E-state index contributed by atoms with van der Waals surface area (Å²) in [5.41, 5.74) is 1.12. The normalized spacial score (nSPS) is 20.1. The monoisotopic (exact) mass is 565 g/mol. The second-order valence-corrected chi connectivity index (χ2v) is 13.2. The second kappa shape index (κ2) is 10.8. The van der Waals surface area contributed by atoms with Crippen LogP contribution in [-0.4, -0.2) is 58.9 Å². The van der Waals surface area contributed by atoms with Crippen molar-refractivity contribution in [2.24, 2.45) is 10.3 Å². The molecule has 10 nitrogen and oxygen atoms in total. The van der Waals surface area contributed by atoms with Gasteiger partial charge in [0.15, 0.2) is 9.84 Å². The fourth-order valence-corrected chi connectivity index (χ4v) is 6.87. The number of amides is 1. The lowest BCUT2D eigenvalue weighted by molar-refractivity contribution is -0.149. The maximum absolute atomic E-state index is 13.6. The summed E-state index contributed by atoms with van der Waals surface area (Å²) < 4.78 is 71.2. The topological polar surface area (TPSA) is 139 Å². The number of sulfone groups is 1. The Morgan fingerprint density at radius 3 is 2.47 bits per heavy atom. The third-order valence-electron chi connectivity index (χ3n) is 6.55. The first kappa shape index (κ1) is 27.7. The molecule has 1 amide bonds. The third-order valence-corrected chi connectivity index (χ3v) is 8.76. The summed E-state index contributed by atoms with van der Waals surface area (Å²) in [6.07, 6.45) is 2.45. The van der Waals surface area contributed by atoms with Gasteiger partial charge in [-0.05, 0) is 48.2 Å². The van der Waals surface area contributed by atoms with Gasteiger partial charge in [-0.15, -0.1) is 4.40 Å². The van der Waals surface area contributed by atoms with E-state index < -0.39 is 55.9 Å². The lowest BCUT2D eigenvalue weighted by Crippen LogP contribution is -2.45. The van der Waals surface area contributed by atoms with Crippen LogP contribution in [0.15, 0.2) is 51.8 Å². The number of nitrogens with one attached hydrogen (secondary N) is 1. The van der Waals surface area contributed by atoms with Crippen LogP contribution >= 0.6 is 0 Å². The molecular weight excluding hydrogens is 537 g/mol. The molecule has 1 saturated carbocycles. The van der Waals surface area contributed by atoms with E-state index in [1.807, 2.05) is 0 Å². The Labute approximate surface area is 220 Å². The van der Waals surface area contributed by atoms with Crippen molar-refractivity contribution in [2.45, 2.75) is 48.9 Å². The molecule has 2 aliphatic rings. The number of carbonyl (C=O) groups excluding carboxylic acids is 2. The second-order valence-electron chi connectivity index (χ2n) is 9.49. The summed E-state index contributed by atoms with van der Waals surface area (Å²) in [5, 5.41) is 2.87. The highest BCUT2D eigenvalue weighted by molar-refractivity contribution is 7.90. The first-order valence-electron chi connectivity index (χ1n) is 11.9. The van der Waals surface area contributed by atoms with Gasteiger partial charge in [0.05, 0.1) is 30.9 Å². The van der Waals surface area contributed by atoms with Crippen LogP contribution in [0.4, 0.5) is 10.1 Å². The number of esters is 1. The van der Waals surface area contributed by atoms with Gasteiger partial charge in [-0.1, -0.05) is 24.6 Å². The lowest BCUT2D eigenvalue weighted by atomic mass is 10.0. The van der Waals surface area contributed by atoms with E-state index in [1.165, 1.54) is 42.3 Å². The van der Waals surface area contributed by atoms with Crippen molar-refractivity contribution < 1.29 is 35.6 Å². The number of ether oxygens (including phenoxy) is 1. The Balaban J connectivity index is 1.60. The van der Waals surface area contributed by atoms with Crippen molar-refractivity contribution in [2.75, 3.05) is 18.7 Å². The summed E-state index contributed by atoms with van der Waals surface area (Å²) in [4.78, 5) is 27.3. The van der Waals surface area contributed by atoms with Gasteiger partial charge in [-0.2, -0.15) is 8.42 Å². The minimum Gasteiger partial charge on any atom is -0.469 e. The predicted molar refractivity (Wildman–Crippen MR) is 138 cm³/mol. The summed E-state index contributed by atoms with van der Waals surface area (Å²) in [7, 11) is -6.30. The molecule has 0 saturated heterocycles. The van der Waals surface area contributed by atoms with Gasteiger partial charge in [0, 0.05) is 18.8 Å². The first-order valence-corrected chi connectivity index (χ1v) is 15.4. The van der Waals surface area contributed by atoms with E-state index in [9.17, 15) is 30.8 Å². The SMILES string of the molecule is COC(=O)[C@@H]1CCC[C@@H]1N(Cc1ccc(F)cc1)C(=O)CC1=NS(=O)(=O)c2cc(CS(C)(=O)=O)ccc2N1. The van der Waals surface area contributed by atoms with E-state index in [2.05, 4.69) is 9.71 Å². The summed E-state index contributed by atoms with van der Waals surface area (Å²) >= 11 is 0. The third kappa shape index (κ3) is 6.38. The number of amidine groups is 1. The maximum Gasteiger partial charge on any atom is 0.310 e. The molecule has 2 aromatic carbocycles. The Morgan fingerprint density at radius 1 is 1.13 bits per heavy atom. The Kier molecular flexibility index (Phi) is 7.88.